The van der Waals surface area contributed by atoms with Crippen molar-refractivity contribution in [2.75, 3.05) is 19.5 Å². The fraction of sp³-hybridized carbons (Fsp3) is 0.105. The maximum atomic E-state index is 13.0. The molecule has 29 heavy (non-hydrogen) atoms. The summed E-state index contributed by atoms with van der Waals surface area (Å²) in [5, 5.41) is 3.29. The fourth-order valence-electron chi connectivity index (χ4n) is 3.01. The molecule has 0 aliphatic rings. The average Bonchev–Trinajstić information content (AvgIpc) is 3.04. The predicted octanol–water partition coefficient (Wildman–Crippen LogP) is 4.60. The minimum Gasteiger partial charge on any atom is -0.497 e. The second-order valence-corrected chi connectivity index (χ2v) is 8.58. The highest BCUT2D eigenvalue weighted by Crippen LogP contribution is 2.31. The molecule has 1 amide bonds. The zero-order valence-corrected chi connectivity index (χ0v) is 18.5. The van der Waals surface area contributed by atoms with Gasteiger partial charge in [0.25, 0.3) is 11.5 Å². The first kappa shape index (κ1) is 19.6. The monoisotopic (exact) mass is 491 g/mol. The number of H-pyrrole nitrogens is 1. The van der Waals surface area contributed by atoms with Gasteiger partial charge in [0.15, 0.2) is 3.95 Å². The molecule has 2 aromatic heterocycles. The van der Waals surface area contributed by atoms with Gasteiger partial charge in [0.1, 0.15) is 22.0 Å². The van der Waals surface area contributed by atoms with Crippen molar-refractivity contribution >= 4 is 67.6 Å². The standard InChI is InChI=1S/C19H14BrN3O4S2/c1-26-10-4-6-14(27-2)12(8-10)21-18(25)15-16-22-17(24)11-5-3-9(20)7-13(11)23(16)19(28)29-15/h3-8H,1-2H3,(H,21,25)(H,22,24). The number of ether oxygens (including phenoxy) is 2. The molecule has 0 atom stereocenters. The average molecular weight is 492 g/mol. The van der Waals surface area contributed by atoms with Crippen molar-refractivity contribution in [3.05, 3.63) is 60.1 Å². The van der Waals surface area contributed by atoms with Crippen LogP contribution >= 0.6 is 39.5 Å². The second-order valence-electron chi connectivity index (χ2n) is 6.02. The molecule has 7 nitrogen and oxygen atoms in total. The number of hydrogen-bond acceptors (Lipinski definition) is 6. The molecular formula is C19H14BrN3O4S2. The molecule has 0 bridgehead atoms. The van der Waals surface area contributed by atoms with E-state index in [9.17, 15) is 9.59 Å². The molecule has 0 fully saturated rings. The van der Waals surface area contributed by atoms with E-state index in [1.807, 2.05) is 0 Å². The van der Waals surface area contributed by atoms with Crippen molar-refractivity contribution in [2.24, 2.45) is 0 Å². The van der Waals surface area contributed by atoms with E-state index < -0.39 is 5.91 Å². The van der Waals surface area contributed by atoms with Gasteiger partial charge in [0.2, 0.25) is 0 Å². The Hall–Kier alpha value is -2.69. The van der Waals surface area contributed by atoms with Crippen molar-refractivity contribution in [3.8, 4) is 11.5 Å². The number of carbonyl (C=O) groups excluding carboxylic acids is 1. The van der Waals surface area contributed by atoms with Crippen LogP contribution in [-0.2, 0) is 0 Å². The Labute approximate surface area is 182 Å². The quantitative estimate of drug-likeness (QED) is 0.407. The SMILES string of the molecule is COc1ccc(OC)c(NC(=O)c2sc(=S)n3c2[nH]c(=O)c2ccc(Br)cc23)c1. The molecule has 2 N–H and O–H groups in total. The van der Waals surface area contributed by atoms with Crippen molar-refractivity contribution in [2.45, 2.75) is 0 Å². The van der Waals surface area contributed by atoms with Gasteiger partial charge >= 0.3 is 0 Å². The lowest BCUT2D eigenvalue weighted by Gasteiger charge is -2.11. The van der Waals surface area contributed by atoms with Gasteiger partial charge in [0.05, 0.1) is 30.8 Å². The van der Waals surface area contributed by atoms with Crippen LogP contribution in [0.25, 0.3) is 16.6 Å². The van der Waals surface area contributed by atoms with Crippen LogP contribution in [0.5, 0.6) is 11.5 Å². The number of hydrogen-bond donors (Lipinski definition) is 2. The molecule has 4 aromatic rings. The van der Waals surface area contributed by atoms with Gasteiger partial charge in [-0.3, -0.25) is 14.0 Å². The summed E-state index contributed by atoms with van der Waals surface area (Å²) in [7, 11) is 3.05. The molecule has 0 saturated carbocycles. The number of anilines is 1. The van der Waals surface area contributed by atoms with Crippen LogP contribution in [0.15, 0.2) is 45.7 Å². The minimum atomic E-state index is -0.417. The predicted molar refractivity (Wildman–Crippen MR) is 119 cm³/mol. The zero-order chi connectivity index (χ0) is 20.7. The van der Waals surface area contributed by atoms with Crippen molar-refractivity contribution in [1.29, 1.82) is 0 Å². The highest BCUT2D eigenvalue weighted by atomic mass is 79.9. The Balaban J connectivity index is 1.87. The Morgan fingerprint density at radius 1 is 1.21 bits per heavy atom. The Morgan fingerprint density at radius 3 is 2.72 bits per heavy atom. The van der Waals surface area contributed by atoms with Gasteiger partial charge in [-0.15, -0.1) is 0 Å². The lowest BCUT2D eigenvalue weighted by atomic mass is 10.2. The largest absolute Gasteiger partial charge is 0.497 e. The number of amides is 1. The molecule has 10 heteroatoms. The first-order valence-corrected chi connectivity index (χ1v) is 10.3. The van der Waals surface area contributed by atoms with E-state index in [1.54, 1.807) is 40.8 Å². The number of aromatic amines is 1. The maximum Gasteiger partial charge on any atom is 0.269 e. The Kier molecular flexibility index (Phi) is 5.15. The summed E-state index contributed by atoms with van der Waals surface area (Å²) in [4.78, 5) is 28.7. The van der Waals surface area contributed by atoms with Gasteiger partial charge < -0.3 is 19.8 Å². The van der Waals surface area contributed by atoms with E-state index in [0.29, 0.717) is 42.6 Å². The Bertz CT molecular complexity index is 1390. The molecular weight excluding hydrogens is 478 g/mol. The lowest BCUT2D eigenvalue weighted by molar-refractivity contribution is 0.103. The van der Waals surface area contributed by atoms with Gasteiger partial charge in [-0.2, -0.15) is 0 Å². The number of thiazole rings is 1. The van der Waals surface area contributed by atoms with Crippen LogP contribution in [-0.4, -0.2) is 29.5 Å². The summed E-state index contributed by atoms with van der Waals surface area (Å²) >= 11 is 10.0. The summed E-state index contributed by atoms with van der Waals surface area (Å²) in [6.45, 7) is 0. The molecule has 0 aliphatic carbocycles. The summed E-state index contributed by atoms with van der Waals surface area (Å²) in [6.07, 6.45) is 0. The van der Waals surface area contributed by atoms with Crippen LogP contribution in [0.4, 0.5) is 5.69 Å². The van der Waals surface area contributed by atoms with Gasteiger partial charge in [-0.25, -0.2) is 0 Å². The summed E-state index contributed by atoms with van der Waals surface area (Å²) in [5.41, 5.74) is 1.11. The number of fused-ring (bicyclic) bond motifs is 3. The minimum absolute atomic E-state index is 0.291. The molecule has 0 aliphatic heterocycles. The first-order valence-electron chi connectivity index (χ1n) is 8.33. The van der Waals surface area contributed by atoms with Crippen LogP contribution in [0.1, 0.15) is 9.67 Å². The Morgan fingerprint density at radius 2 is 2.00 bits per heavy atom. The van der Waals surface area contributed by atoms with E-state index in [1.165, 1.54) is 14.2 Å². The fourth-order valence-corrected chi connectivity index (χ4v) is 4.63. The molecule has 0 spiro atoms. The third-order valence-corrected chi connectivity index (χ3v) is 6.21. The third kappa shape index (κ3) is 3.43. The number of nitrogens with zero attached hydrogens (tertiary/aromatic N) is 1. The molecule has 4 rings (SSSR count). The van der Waals surface area contributed by atoms with E-state index in [0.717, 1.165) is 15.8 Å². The number of carbonyl (C=O) groups is 1. The van der Waals surface area contributed by atoms with Crippen molar-refractivity contribution < 1.29 is 14.3 Å². The molecule has 0 radical (unpaired) electrons. The highest BCUT2D eigenvalue weighted by molar-refractivity contribution is 9.10. The maximum absolute atomic E-state index is 13.0. The number of benzene rings is 2. The molecule has 148 valence electrons. The molecule has 2 heterocycles. The van der Waals surface area contributed by atoms with Crippen LogP contribution in [0.3, 0.4) is 0 Å². The normalized spacial score (nSPS) is 11.0. The number of halogens is 1. The van der Waals surface area contributed by atoms with Crippen LogP contribution in [0.2, 0.25) is 0 Å². The molecule has 2 aromatic carbocycles. The summed E-state index contributed by atoms with van der Waals surface area (Å²) < 4.78 is 13.5. The van der Waals surface area contributed by atoms with Gasteiger partial charge in [-0.1, -0.05) is 27.3 Å². The lowest BCUT2D eigenvalue weighted by Crippen LogP contribution is -2.15. The second kappa shape index (κ2) is 7.62. The van der Waals surface area contributed by atoms with Crippen LogP contribution in [0, 0.1) is 3.95 Å². The number of nitrogens with one attached hydrogen (secondary N) is 2. The molecule has 0 saturated heterocycles. The summed E-state index contributed by atoms with van der Waals surface area (Å²) in [6, 6.07) is 10.4. The summed E-state index contributed by atoms with van der Waals surface area (Å²) in [5.74, 6) is 0.633. The zero-order valence-electron chi connectivity index (χ0n) is 15.2. The van der Waals surface area contributed by atoms with E-state index in [-0.39, 0.29) is 5.56 Å². The highest BCUT2D eigenvalue weighted by Gasteiger charge is 2.19. The number of rotatable bonds is 4. The topological polar surface area (TPSA) is 84.8 Å². The van der Waals surface area contributed by atoms with Crippen molar-refractivity contribution in [3.63, 3.8) is 0 Å². The van der Waals surface area contributed by atoms with E-state index in [2.05, 4.69) is 26.2 Å². The van der Waals surface area contributed by atoms with Crippen molar-refractivity contribution in [1.82, 2.24) is 9.38 Å². The smallest absolute Gasteiger partial charge is 0.269 e. The van der Waals surface area contributed by atoms with Gasteiger partial charge in [-0.05, 0) is 42.5 Å². The third-order valence-electron chi connectivity index (χ3n) is 4.35. The van der Waals surface area contributed by atoms with E-state index >= 15 is 0 Å². The van der Waals surface area contributed by atoms with E-state index in [4.69, 9.17) is 21.7 Å². The van der Waals surface area contributed by atoms with Gasteiger partial charge in [0, 0.05) is 10.5 Å². The molecule has 0 unspecified atom stereocenters. The first-order chi connectivity index (χ1) is 13.9. The van der Waals surface area contributed by atoms with Crippen LogP contribution < -0.4 is 20.3 Å². The number of methoxy groups -OCH3 is 2. The number of aromatic nitrogens is 2.